The van der Waals surface area contributed by atoms with E-state index in [1.807, 2.05) is 0 Å². The van der Waals surface area contributed by atoms with Crippen LogP contribution < -0.4 is 4.90 Å². The first-order valence-electron chi connectivity index (χ1n) is 17.4. The third-order valence-electron chi connectivity index (χ3n) is 10.6. The lowest BCUT2D eigenvalue weighted by molar-refractivity contribution is 0.330. The van der Waals surface area contributed by atoms with E-state index in [9.17, 15) is 0 Å². The molecule has 1 atom stereocenters. The zero-order valence-electron chi connectivity index (χ0n) is 27.7. The van der Waals surface area contributed by atoms with Crippen LogP contribution >= 0.6 is 0 Å². The maximum Gasteiger partial charge on any atom is 0.0546 e. The van der Waals surface area contributed by atoms with Crippen molar-refractivity contribution < 1.29 is 0 Å². The highest BCUT2D eigenvalue weighted by Gasteiger charge is 2.33. The molecule has 1 aliphatic rings. The van der Waals surface area contributed by atoms with Gasteiger partial charge in [-0.15, -0.1) is 0 Å². The largest absolute Gasteiger partial charge is 0.310 e. The topological polar surface area (TPSA) is 3.24 Å². The summed E-state index contributed by atoms with van der Waals surface area (Å²) in [6.07, 6.45) is 5.94. The van der Waals surface area contributed by atoms with Crippen molar-refractivity contribution in [3.63, 3.8) is 0 Å². The standard InChI is InChI=1S/C47H41N/c1-3-47(30-12-13-34(2)33-47)40-26-22-36(23-27-40)37-24-28-41(29-25-37)48(42-18-11-17-38(31-42)35-14-5-4-6-15-35)46-32-39-16-7-8-19-43(39)44-20-9-10-21-45(44)46/h4-11,14-29,31-32H,2-3,12-13,30,33H2,1H3. The monoisotopic (exact) mass is 619 g/mol. The molecule has 1 heteroatoms. The van der Waals surface area contributed by atoms with Crippen LogP contribution in [-0.2, 0) is 5.41 Å². The highest BCUT2D eigenvalue weighted by atomic mass is 15.1. The average Bonchev–Trinajstić information content (AvgIpc) is 3.16. The van der Waals surface area contributed by atoms with Gasteiger partial charge in [-0.1, -0.05) is 146 Å². The first kappa shape index (κ1) is 30.0. The Morgan fingerprint density at radius 1 is 0.562 bits per heavy atom. The molecule has 0 heterocycles. The van der Waals surface area contributed by atoms with E-state index in [-0.39, 0.29) is 5.41 Å². The van der Waals surface area contributed by atoms with E-state index in [0.717, 1.165) is 24.2 Å². The summed E-state index contributed by atoms with van der Waals surface area (Å²) in [5.74, 6) is 0. The Bertz CT molecular complexity index is 2230. The van der Waals surface area contributed by atoms with Gasteiger partial charge in [0.2, 0.25) is 0 Å². The van der Waals surface area contributed by atoms with Gasteiger partial charge in [0.25, 0.3) is 0 Å². The molecule has 48 heavy (non-hydrogen) atoms. The van der Waals surface area contributed by atoms with Crippen molar-refractivity contribution in [1.29, 1.82) is 0 Å². The third-order valence-corrected chi connectivity index (χ3v) is 10.6. The molecule has 0 amide bonds. The van der Waals surface area contributed by atoms with Crippen molar-refractivity contribution in [1.82, 2.24) is 0 Å². The maximum atomic E-state index is 4.36. The average molecular weight is 620 g/mol. The normalized spacial score (nSPS) is 16.3. The zero-order chi connectivity index (χ0) is 32.5. The molecule has 1 nitrogen and oxygen atoms in total. The zero-order valence-corrected chi connectivity index (χ0v) is 27.7. The van der Waals surface area contributed by atoms with Crippen LogP contribution in [0.25, 0.3) is 43.8 Å². The Morgan fingerprint density at radius 3 is 1.92 bits per heavy atom. The Labute approximate surface area is 284 Å². The SMILES string of the molecule is C=C1CCCC(CC)(c2ccc(-c3ccc(N(c4cccc(-c5ccccc5)c4)c4cc5ccccc5c5ccccc45)cc3)cc2)C1. The Hall–Kier alpha value is -5.40. The highest BCUT2D eigenvalue weighted by Crippen LogP contribution is 2.45. The number of benzene rings is 7. The van der Waals surface area contributed by atoms with E-state index >= 15 is 0 Å². The molecule has 0 aromatic heterocycles. The number of allylic oxidation sites excluding steroid dienone is 1. The maximum absolute atomic E-state index is 4.36. The molecule has 0 saturated heterocycles. The van der Waals surface area contributed by atoms with E-state index in [1.165, 1.54) is 79.9 Å². The number of anilines is 3. The Balaban J connectivity index is 1.23. The number of rotatable bonds is 7. The van der Waals surface area contributed by atoms with E-state index in [1.54, 1.807) is 0 Å². The first-order valence-corrected chi connectivity index (χ1v) is 17.4. The second-order valence-electron chi connectivity index (χ2n) is 13.5. The molecular formula is C47H41N. The minimum atomic E-state index is 0.231. The van der Waals surface area contributed by atoms with Gasteiger partial charge in [-0.2, -0.15) is 0 Å². The molecule has 1 fully saturated rings. The predicted molar refractivity (Wildman–Crippen MR) is 207 cm³/mol. The summed E-state index contributed by atoms with van der Waals surface area (Å²) in [4.78, 5) is 2.43. The summed E-state index contributed by atoms with van der Waals surface area (Å²) in [7, 11) is 0. The molecule has 7 aromatic rings. The summed E-state index contributed by atoms with van der Waals surface area (Å²) in [5, 5.41) is 5.00. The van der Waals surface area contributed by atoms with Gasteiger partial charge in [-0.3, -0.25) is 0 Å². The molecule has 1 aliphatic carbocycles. The quantitative estimate of drug-likeness (QED) is 0.127. The van der Waals surface area contributed by atoms with Gasteiger partial charge >= 0.3 is 0 Å². The Kier molecular flexibility index (Phi) is 7.90. The summed E-state index contributed by atoms with van der Waals surface area (Å²) < 4.78 is 0. The van der Waals surface area contributed by atoms with Crippen molar-refractivity contribution in [2.75, 3.05) is 4.90 Å². The lowest BCUT2D eigenvalue weighted by Gasteiger charge is -2.38. The number of hydrogen-bond donors (Lipinski definition) is 0. The van der Waals surface area contributed by atoms with Crippen LogP contribution in [0, 0.1) is 0 Å². The predicted octanol–water partition coefficient (Wildman–Crippen LogP) is 13.6. The minimum Gasteiger partial charge on any atom is -0.310 e. The molecule has 7 aromatic carbocycles. The fourth-order valence-electron chi connectivity index (χ4n) is 8.01. The molecule has 0 N–H and O–H groups in total. The summed E-state index contributed by atoms with van der Waals surface area (Å²) in [5.41, 5.74) is 11.4. The number of hydrogen-bond acceptors (Lipinski definition) is 1. The van der Waals surface area contributed by atoms with Gasteiger partial charge in [0.05, 0.1) is 5.69 Å². The third kappa shape index (κ3) is 5.50. The molecule has 1 unspecified atom stereocenters. The lowest BCUT2D eigenvalue weighted by atomic mass is 9.66. The molecular weight excluding hydrogens is 579 g/mol. The fourth-order valence-corrected chi connectivity index (χ4v) is 8.01. The van der Waals surface area contributed by atoms with Gasteiger partial charge in [0, 0.05) is 16.8 Å². The van der Waals surface area contributed by atoms with Gasteiger partial charge < -0.3 is 4.90 Å². The van der Waals surface area contributed by atoms with Crippen molar-refractivity contribution >= 4 is 38.6 Å². The van der Waals surface area contributed by atoms with Crippen LogP contribution in [0.1, 0.15) is 44.6 Å². The van der Waals surface area contributed by atoms with Crippen LogP contribution in [0.5, 0.6) is 0 Å². The molecule has 8 rings (SSSR count). The van der Waals surface area contributed by atoms with Crippen LogP contribution in [0.3, 0.4) is 0 Å². The Morgan fingerprint density at radius 2 is 1.19 bits per heavy atom. The van der Waals surface area contributed by atoms with Gasteiger partial charge in [0.1, 0.15) is 0 Å². The fraction of sp³-hybridized carbons (Fsp3) is 0.149. The number of nitrogens with zero attached hydrogens (tertiary/aromatic N) is 1. The molecule has 0 radical (unpaired) electrons. The van der Waals surface area contributed by atoms with Crippen molar-refractivity contribution in [2.24, 2.45) is 0 Å². The summed E-state index contributed by atoms with van der Waals surface area (Å²) in [6.45, 7) is 6.70. The smallest absolute Gasteiger partial charge is 0.0546 e. The van der Waals surface area contributed by atoms with E-state index in [2.05, 4.69) is 176 Å². The molecule has 0 aliphatic heterocycles. The van der Waals surface area contributed by atoms with Crippen molar-refractivity contribution in [3.8, 4) is 22.3 Å². The van der Waals surface area contributed by atoms with Gasteiger partial charge in [-0.25, -0.2) is 0 Å². The van der Waals surface area contributed by atoms with Crippen LogP contribution in [-0.4, -0.2) is 0 Å². The molecule has 0 spiro atoms. The van der Waals surface area contributed by atoms with Gasteiger partial charge in [-0.05, 0) is 112 Å². The first-order chi connectivity index (χ1) is 23.6. The summed E-state index contributed by atoms with van der Waals surface area (Å²) >= 11 is 0. The van der Waals surface area contributed by atoms with Crippen molar-refractivity contribution in [2.45, 2.75) is 44.4 Å². The van der Waals surface area contributed by atoms with E-state index < -0.39 is 0 Å². The van der Waals surface area contributed by atoms with Crippen LogP contribution in [0.4, 0.5) is 17.1 Å². The van der Waals surface area contributed by atoms with E-state index in [0.29, 0.717) is 0 Å². The lowest BCUT2D eigenvalue weighted by Crippen LogP contribution is -2.28. The molecule has 234 valence electrons. The van der Waals surface area contributed by atoms with Crippen LogP contribution in [0.2, 0.25) is 0 Å². The van der Waals surface area contributed by atoms with Gasteiger partial charge in [0.15, 0.2) is 0 Å². The van der Waals surface area contributed by atoms with Crippen molar-refractivity contribution in [3.05, 3.63) is 175 Å². The number of fused-ring (bicyclic) bond motifs is 3. The second-order valence-corrected chi connectivity index (χ2v) is 13.5. The van der Waals surface area contributed by atoms with Crippen LogP contribution in [0.15, 0.2) is 170 Å². The molecule has 0 bridgehead atoms. The van der Waals surface area contributed by atoms with E-state index in [4.69, 9.17) is 0 Å². The minimum absolute atomic E-state index is 0.231. The second kappa shape index (κ2) is 12.7. The summed E-state index contributed by atoms with van der Waals surface area (Å²) in [6, 6.07) is 57.9. The molecule has 1 saturated carbocycles. The highest BCUT2D eigenvalue weighted by molar-refractivity contribution is 6.14.